The number of hydrogen-bond acceptors (Lipinski definition) is 27. The maximum Gasteiger partial charge on any atom is 0.322 e. The number of carboxylic acid groups (broad SMARTS) is 1. The molecule has 4 heterocycles. The van der Waals surface area contributed by atoms with E-state index >= 15 is 4.79 Å². The minimum absolute atomic E-state index is 0.00408. The molecule has 39 heteroatoms. The molecule has 4 rings (SSSR count). The normalized spacial score (nSPS) is 28.4. The molecule has 0 aromatic rings. The fourth-order valence-corrected chi connectivity index (χ4v) is 11.1. The van der Waals surface area contributed by atoms with Crippen LogP contribution in [0.3, 0.4) is 0 Å². The summed E-state index contributed by atoms with van der Waals surface area (Å²) in [6.45, 7) is 8.90. The first-order valence-electron chi connectivity index (χ1n) is 31.3. The molecule has 0 saturated carbocycles. The second kappa shape index (κ2) is 36.6. The zero-order valence-electron chi connectivity index (χ0n) is 54.8. The fourth-order valence-electron chi connectivity index (χ4n) is 11.1. The number of nitrogens with two attached hydrogens (primary N) is 1. The van der Waals surface area contributed by atoms with Gasteiger partial charge in [0, 0.05) is 26.9 Å². The highest BCUT2D eigenvalue weighted by molar-refractivity contribution is 5.99. The van der Waals surface area contributed by atoms with Crippen molar-refractivity contribution < 1.29 is 133 Å². The highest BCUT2D eigenvalue weighted by Gasteiger charge is 2.52. The third kappa shape index (κ3) is 21.5. The van der Waals surface area contributed by atoms with Crippen molar-refractivity contribution in [3.8, 4) is 0 Å². The van der Waals surface area contributed by atoms with Crippen molar-refractivity contribution in [2.75, 3.05) is 32.8 Å². The number of aliphatic hydroxyl groups excluding tert-OH is 10. The SMILES string of the molecule is CC(=O)N[C@H]1[C@@H](O[C@H](C)[C@H](NC(=O)[C@@H](NC(=O)[C@@H](NC(=O)[C@@H](NC(=O)[C@@H](N)[C@@H](C)O)[C@@H](C)O)[C@@H](C)O)C(C)C)C(=O)N2CCC[C@H]2C(=O)N[C@H](C(=O)N2CCC[C@H]2C(=O)N[C@H](C(=O)NCC(=O)O)[C@@H](C)O)[C@@H](C)O)O[C@H](CO[C@@H]2O[C@H](CO)[C@@H](O)[C@H](O)[C@H]2NC(C)=O)[C@H](O)[C@@H]1O. The van der Waals surface area contributed by atoms with E-state index in [2.05, 4.69) is 42.5 Å². The molecule has 0 bridgehead atoms. The van der Waals surface area contributed by atoms with E-state index in [1.807, 2.05) is 5.32 Å². The molecular weight excluding hydrogens is 1280 g/mol. The number of carbonyl (C=O) groups excluding carboxylic acids is 11. The van der Waals surface area contributed by atoms with E-state index in [1.54, 1.807) is 0 Å². The number of likely N-dealkylation sites (tertiary alicyclic amines) is 2. The van der Waals surface area contributed by atoms with Crippen LogP contribution in [0, 0.1) is 5.92 Å². The van der Waals surface area contributed by atoms with Crippen LogP contribution >= 0.6 is 0 Å². The summed E-state index contributed by atoms with van der Waals surface area (Å²) in [4.78, 5) is 164. The van der Waals surface area contributed by atoms with Gasteiger partial charge in [-0.1, -0.05) is 13.8 Å². The van der Waals surface area contributed by atoms with Crippen LogP contribution in [0.25, 0.3) is 0 Å². The maximum absolute atomic E-state index is 15.4. The molecule has 0 aliphatic carbocycles. The predicted octanol–water partition coefficient (Wildman–Crippen LogP) is -11.7. The summed E-state index contributed by atoms with van der Waals surface area (Å²) in [5.41, 5.74) is 5.70. The summed E-state index contributed by atoms with van der Waals surface area (Å²) in [6, 6.07) is -18.7. The topological polar surface area (TPSA) is 605 Å². The Morgan fingerprint density at radius 2 is 0.906 bits per heavy atom. The van der Waals surface area contributed by atoms with Gasteiger partial charge in [0.25, 0.3) is 0 Å². The summed E-state index contributed by atoms with van der Waals surface area (Å²) in [5.74, 6) is -13.9. The van der Waals surface area contributed by atoms with E-state index < -0.39 is 249 Å². The van der Waals surface area contributed by atoms with Gasteiger partial charge in [-0.15, -0.1) is 0 Å². The van der Waals surface area contributed by atoms with Crippen molar-refractivity contribution in [3.05, 3.63) is 0 Å². The molecule has 25 atom stereocenters. The highest BCUT2D eigenvalue weighted by Crippen LogP contribution is 2.29. The molecular formula is C57H96N12O27. The Balaban J connectivity index is 1.74. The van der Waals surface area contributed by atoms with Gasteiger partial charge in [0.15, 0.2) is 12.6 Å². The summed E-state index contributed by atoms with van der Waals surface area (Å²) in [6.07, 6.45) is -24.0. The van der Waals surface area contributed by atoms with Crippen LogP contribution in [0.5, 0.6) is 0 Å². The number of nitrogens with zero attached hydrogens (tertiary/aromatic N) is 2. The number of carbonyl (C=O) groups is 12. The molecule has 22 N–H and O–H groups in total. The van der Waals surface area contributed by atoms with Gasteiger partial charge in [0.05, 0.1) is 49.8 Å². The van der Waals surface area contributed by atoms with E-state index in [0.29, 0.717) is 0 Å². The molecule has 11 amide bonds. The Morgan fingerprint density at radius 1 is 0.510 bits per heavy atom. The summed E-state index contributed by atoms with van der Waals surface area (Å²) >= 11 is 0. The minimum atomic E-state index is -2.04. The Labute approximate surface area is 551 Å². The molecule has 4 fully saturated rings. The lowest BCUT2D eigenvalue weighted by Gasteiger charge is -2.45. The quantitative estimate of drug-likeness (QED) is 0.0297. The van der Waals surface area contributed by atoms with Crippen molar-refractivity contribution in [2.24, 2.45) is 11.7 Å². The van der Waals surface area contributed by atoms with Crippen LogP contribution in [0.4, 0.5) is 0 Å². The van der Waals surface area contributed by atoms with Gasteiger partial charge in [-0.05, 0) is 73.1 Å². The Bertz CT molecular complexity index is 2730. The van der Waals surface area contributed by atoms with Crippen molar-refractivity contribution in [1.29, 1.82) is 0 Å². The van der Waals surface area contributed by atoms with Crippen LogP contribution in [-0.2, 0) is 76.5 Å². The lowest BCUT2D eigenvalue weighted by molar-refractivity contribution is -0.308. The highest BCUT2D eigenvalue weighted by atomic mass is 16.7. The molecule has 546 valence electrons. The van der Waals surface area contributed by atoms with Gasteiger partial charge in [-0.25, -0.2) is 0 Å². The molecule has 96 heavy (non-hydrogen) atoms. The van der Waals surface area contributed by atoms with Gasteiger partial charge < -0.3 is 139 Å². The van der Waals surface area contributed by atoms with Crippen molar-refractivity contribution in [2.45, 2.75) is 247 Å². The largest absolute Gasteiger partial charge is 0.480 e. The van der Waals surface area contributed by atoms with Gasteiger partial charge in [0.2, 0.25) is 65.0 Å². The van der Waals surface area contributed by atoms with E-state index in [-0.39, 0.29) is 38.8 Å². The molecule has 4 aliphatic heterocycles. The Hall–Kier alpha value is -6.96. The predicted molar refractivity (Wildman–Crippen MR) is 323 cm³/mol. The fraction of sp³-hybridized carbons (Fsp3) is 0.789. The summed E-state index contributed by atoms with van der Waals surface area (Å²) in [7, 11) is 0. The van der Waals surface area contributed by atoms with Gasteiger partial charge in [-0.3, -0.25) is 57.5 Å². The zero-order chi connectivity index (χ0) is 72.7. The summed E-state index contributed by atoms with van der Waals surface area (Å²) in [5, 5.41) is 137. The molecule has 0 aromatic heterocycles. The van der Waals surface area contributed by atoms with Gasteiger partial charge >= 0.3 is 5.97 Å². The van der Waals surface area contributed by atoms with Gasteiger partial charge in [0.1, 0.15) is 110 Å². The molecule has 0 spiro atoms. The van der Waals surface area contributed by atoms with Crippen LogP contribution in [0.1, 0.15) is 94.9 Å². The molecule has 4 aliphatic rings. The van der Waals surface area contributed by atoms with E-state index in [1.165, 1.54) is 27.7 Å². The number of rotatable bonds is 32. The van der Waals surface area contributed by atoms with Crippen LogP contribution in [-0.4, -0.2) is 322 Å². The van der Waals surface area contributed by atoms with E-state index in [9.17, 15) is 104 Å². The first kappa shape index (κ1) is 81.5. The first-order valence-corrected chi connectivity index (χ1v) is 31.3. The number of nitrogens with one attached hydrogen (secondary N) is 9. The molecule has 0 unspecified atom stereocenters. The first-order chi connectivity index (χ1) is 44.7. The van der Waals surface area contributed by atoms with Crippen LogP contribution < -0.4 is 53.6 Å². The second-order valence-corrected chi connectivity index (χ2v) is 24.7. The van der Waals surface area contributed by atoms with Crippen LogP contribution in [0.2, 0.25) is 0 Å². The lowest BCUT2D eigenvalue weighted by atomic mass is 9.95. The number of amides is 11. The second-order valence-electron chi connectivity index (χ2n) is 24.7. The summed E-state index contributed by atoms with van der Waals surface area (Å²) < 4.78 is 23.8. The third-order valence-corrected chi connectivity index (χ3v) is 16.5. The average Bonchev–Trinajstić information content (AvgIpc) is 0.856. The Kier molecular flexibility index (Phi) is 31.0. The van der Waals surface area contributed by atoms with Crippen molar-refractivity contribution in [3.63, 3.8) is 0 Å². The number of aliphatic carboxylic acids is 1. The molecule has 39 nitrogen and oxygen atoms in total. The average molecular weight is 1380 g/mol. The number of carboxylic acids is 1. The molecule has 0 aromatic carbocycles. The van der Waals surface area contributed by atoms with Gasteiger partial charge in [-0.2, -0.15) is 0 Å². The monoisotopic (exact) mass is 1380 g/mol. The number of hydrogen-bond donors (Lipinski definition) is 21. The number of ether oxygens (including phenoxy) is 4. The molecule has 4 saturated heterocycles. The molecule has 0 radical (unpaired) electrons. The lowest BCUT2D eigenvalue weighted by Crippen LogP contribution is -2.67. The van der Waals surface area contributed by atoms with Crippen molar-refractivity contribution in [1.82, 2.24) is 57.7 Å². The third-order valence-electron chi connectivity index (χ3n) is 16.5. The smallest absolute Gasteiger partial charge is 0.322 e. The zero-order valence-corrected chi connectivity index (χ0v) is 54.8. The minimum Gasteiger partial charge on any atom is -0.480 e. The number of aliphatic hydroxyl groups is 10. The van der Waals surface area contributed by atoms with Crippen LogP contribution in [0.15, 0.2) is 0 Å². The van der Waals surface area contributed by atoms with E-state index in [0.717, 1.165) is 51.3 Å². The van der Waals surface area contributed by atoms with Crippen molar-refractivity contribution >= 4 is 70.9 Å². The Morgan fingerprint density at radius 3 is 1.34 bits per heavy atom. The van der Waals surface area contributed by atoms with E-state index in [4.69, 9.17) is 29.8 Å². The standard InChI is InChI=1S/C57H96N12O27/c1-20(2)35(62-52(89)38(24(6)74)65-53(90)37(23(5)73)64-49(86)34(58)21(3)71)51(88)67-40(26(8)94-57-42(61-28(10)77)46(83)44(81)32(96-57)19-93-56-41(60-27(9)76)45(82)43(80)31(18-70)95-56)55(92)69-16-12-14-30(69)48(85)66-39(25(7)75)54(91)68-15-11-13-29(68)47(84)63-36(22(4)72)50(87)59-17-33(78)79/h20-26,29-32,34-46,56-57,70-75,80-83H,11-19,58H2,1-10H3,(H,59,87)(H,60,76)(H,61,77)(H,62,89)(H,63,84)(H,64,86)(H,65,90)(H,66,85)(H,67,88)(H,78,79)/t21-,22-,23-,24-,25-,26-,29+,30+,31-,32-,34+,35+,36+,37+,38+,39+,40+,41-,42-,43-,44+,45-,46-,56-,57+/m1/s1. The maximum atomic E-state index is 15.4.